The smallest absolute Gasteiger partial charge is 0.222 e. The predicted molar refractivity (Wildman–Crippen MR) is 118 cm³/mol. The highest BCUT2D eigenvalue weighted by molar-refractivity contribution is 5.77. The molecule has 0 radical (unpaired) electrons. The van der Waals surface area contributed by atoms with Gasteiger partial charge in [-0.3, -0.25) is 4.79 Å². The number of pyridine rings is 1. The second kappa shape index (κ2) is 8.86. The normalized spacial score (nSPS) is 16.5. The van der Waals surface area contributed by atoms with Crippen molar-refractivity contribution in [3.05, 3.63) is 54.0 Å². The maximum Gasteiger partial charge on any atom is 0.222 e. The number of benzene rings is 1. The number of para-hydroxylation sites is 1. The van der Waals surface area contributed by atoms with Crippen molar-refractivity contribution in [2.75, 3.05) is 20.2 Å². The van der Waals surface area contributed by atoms with Gasteiger partial charge in [0.1, 0.15) is 17.1 Å². The van der Waals surface area contributed by atoms with Gasteiger partial charge in [0.05, 0.1) is 7.11 Å². The summed E-state index contributed by atoms with van der Waals surface area (Å²) in [6, 6.07) is 12.2. The van der Waals surface area contributed by atoms with Crippen LogP contribution in [0.25, 0.3) is 11.2 Å². The molecule has 0 unspecified atom stereocenters. The maximum atomic E-state index is 12.8. The molecule has 2 aromatic heterocycles. The van der Waals surface area contributed by atoms with Crippen molar-refractivity contribution in [3.8, 4) is 5.75 Å². The van der Waals surface area contributed by atoms with Crippen LogP contribution in [0.15, 0.2) is 42.6 Å². The van der Waals surface area contributed by atoms with E-state index in [-0.39, 0.29) is 5.91 Å². The van der Waals surface area contributed by atoms with Crippen LogP contribution in [0.1, 0.15) is 44.1 Å². The van der Waals surface area contributed by atoms with Gasteiger partial charge in [0.25, 0.3) is 0 Å². The summed E-state index contributed by atoms with van der Waals surface area (Å²) in [6.07, 6.45) is 4.95. The van der Waals surface area contributed by atoms with Gasteiger partial charge in [-0.1, -0.05) is 18.2 Å². The van der Waals surface area contributed by atoms with Gasteiger partial charge < -0.3 is 14.2 Å². The third-order valence-electron chi connectivity index (χ3n) is 5.95. The Morgan fingerprint density at radius 2 is 2.07 bits per heavy atom. The second-order valence-corrected chi connectivity index (χ2v) is 8.35. The Morgan fingerprint density at radius 1 is 1.23 bits per heavy atom. The number of hydrogen-bond acceptors (Lipinski definition) is 4. The first-order valence-corrected chi connectivity index (χ1v) is 10.8. The summed E-state index contributed by atoms with van der Waals surface area (Å²) in [5.74, 6) is 2.59. The number of carbonyl (C=O) groups excluding carboxylic acids is 1. The number of rotatable bonds is 7. The zero-order valence-electron chi connectivity index (χ0n) is 18.0. The van der Waals surface area contributed by atoms with Gasteiger partial charge >= 0.3 is 0 Å². The molecular formula is C24H30N4O2. The summed E-state index contributed by atoms with van der Waals surface area (Å²) in [5.41, 5.74) is 2.98. The first kappa shape index (κ1) is 20.4. The molecule has 0 N–H and O–H groups in total. The van der Waals surface area contributed by atoms with Crippen molar-refractivity contribution in [3.63, 3.8) is 0 Å². The highest BCUT2D eigenvalue weighted by Gasteiger charge is 2.28. The molecular weight excluding hydrogens is 376 g/mol. The minimum Gasteiger partial charge on any atom is -0.496 e. The van der Waals surface area contributed by atoms with Crippen LogP contribution in [0.5, 0.6) is 5.75 Å². The molecule has 0 spiro atoms. The minimum absolute atomic E-state index is 0.224. The van der Waals surface area contributed by atoms with Crippen molar-refractivity contribution >= 4 is 17.1 Å². The topological polar surface area (TPSA) is 60.2 Å². The number of amides is 1. The van der Waals surface area contributed by atoms with E-state index < -0.39 is 0 Å². The number of carbonyl (C=O) groups is 1. The Morgan fingerprint density at radius 3 is 2.87 bits per heavy atom. The van der Waals surface area contributed by atoms with Crippen LogP contribution < -0.4 is 4.74 Å². The largest absolute Gasteiger partial charge is 0.496 e. The standard InChI is InChI=1S/C24H30N4O2/c1-17(2)28-22(26-20-8-6-13-25-24(20)28)15-18-12-14-27(16-18)23(29)11-10-19-7-4-5-9-21(19)30-3/h4-9,13,17-18H,10-12,14-16H2,1-3H3/t18-/m0/s1. The fourth-order valence-electron chi connectivity index (χ4n) is 4.46. The molecule has 1 aromatic carbocycles. The van der Waals surface area contributed by atoms with Gasteiger partial charge in [0.15, 0.2) is 5.65 Å². The summed E-state index contributed by atoms with van der Waals surface area (Å²) < 4.78 is 7.64. The Balaban J connectivity index is 1.38. The molecule has 1 saturated heterocycles. The molecule has 1 aliphatic heterocycles. The van der Waals surface area contributed by atoms with Crippen molar-refractivity contribution in [2.24, 2.45) is 5.92 Å². The van der Waals surface area contributed by atoms with Crippen LogP contribution in [0, 0.1) is 5.92 Å². The van der Waals surface area contributed by atoms with Gasteiger partial charge in [-0.05, 0) is 56.4 Å². The molecule has 1 fully saturated rings. The zero-order valence-corrected chi connectivity index (χ0v) is 18.0. The summed E-state index contributed by atoms with van der Waals surface area (Å²) >= 11 is 0. The van der Waals surface area contributed by atoms with E-state index >= 15 is 0 Å². The highest BCUT2D eigenvalue weighted by atomic mass is 16.5. The van der Waals surface area contributed by atoms with Gasteiger partial charge in [-0.15, -0.1) is 0 Å². The van der Waals surface area contributed by atoms with Crippen LogP contribution in [0.2, 0.25) is 0 Å². The summed E-state index contributed by atoms with van der Waals surface area (Å²) in [6.45, 7) is 5.97. The molecule has 0 bridgehead atoms. The van der Waals surface area contributed by atoms with Crippen molar-refractivity contribution in [2.45, 2.75) is 45.6 Å². The van der Waals surface area contributed by atoms with Gasteiger partial charge in [0.2, 0.25) is 5.91 Å². The number of hydrogen-bond donors (Lipinski definition) is 0. The quantitative estimate of drug-likeness (QED) is 0.594. The van der Waals surface area contributed by atoms with Crippen molar-refractivity contribution < 1.29 is 9.53 Å². The average Bonchev–Trinajstić information content (AvgIpc) is 3.36. The molecule has 158 valence electrons. The molecule has 1 atom stereocenters. The minimum atomic E-state index is 0.224. The molecule has 6 heteroatoms. The van der Waals surface area contributed by atoms with Crippen LogP contribution in [0.4, 0.5) is 0 Å². The highest BCUT2D eigenvalue weighted by Crippen LogP contribution is 2.26. The average molecular weight is 407 g/mol. The Hall–Kier alpha value is -2.89. The van der Waals surface area contributed by atoms with Crippen LogP contribution >= 0.6 is 0 Å². The van der Waals surface area contributed by atoms with Crippen LogP contribution in [-0.4, -0.2) is 45.5 Å². The monoisotopic (exact) mass is 406 g/mol. The van der Waals surface area contributed by atoms with Crippen LogP contribution in [-0.2, 0) is 17.6 Å². The van der Waals surface area contributed by atoms with E-state index in [0.717, 1.165) is 54.2 Å². The molecule has 30 heavy (non-hydrogen) atoms. The Bertz CT molecular complexity index is 1030. The lowest BCUT2D eigenvalue weighted by Gasteiger charge is -2.18. The zero-order chi connectivity index (χ0) is 21.1. The lowest BCUT2D eigenvalue weighted by Crippen LogP contribution is -2.29. The summed E-state index contributed by atoms with van der Waals surface area (Å²) in [4.78, 5) is 24.2. The number of nitrogens with zero attached hydrogens (tertiary/aromatic N) is 4. The number of ether oxygens (including phenoxy) is 1. The lowest BCUT2D eigenvalue weighted by atomic mass is 10.0. The summed E-state index contributed by atoms with van der Waals surface area (Å²) in [7, 11) is 1.67. The number of likely N-dealkylation sites (tertiary alicyclic amines) is 1. The van der Waals surface area contributed by atoms with E-state index in [2.05, 4.69) is 23.4 Å². The third kappa shape index (κ3) is 4.18. The molecule has 4 rings (SSSR count). The Kier molecular flexibility index (Phi) is 6.02. The molecule has 1 aliphatic rings. The van der Waals surface area contributed by atoms with E-state index in [0.29, 0.717) is 24.8 Å². The Labute approximate surface area is 177 Å². The van der Waals surface area contributed by atoms with Gasteiger partial charge in [-0.25, -0.2) is 9.97 Å². The van der Waals surface area contributed by atoms with E-state index in [1.165, 1.54) is 0 Å². The first-order valence-electron chi connectivity index (χ1n) is 10.8. The van der Waals surface area contributed by atoms with Gasteiger partial charge in [-0.2, -0.15) is 0 Å². The summed E-state index contributed by atoms with van der Waals surface area (Å²) in [5, 5.41) is 0. The number of methoxy groups -OCH3 is 1. The fourth-order valence-corrected chi connectivity index (χ4v) is 4.46. The molecule has 1 amide bonds. The van der Waals surface area contributed by atoms with E-state index in [1.54, 1.807) is 7.11 Å². The van der Waals surface area contributed by atoms with Crippen LogP contribution in [0.3, 0.4) is 0 Å². The van der Waals surface area contributed by atoms with Gasteiger partial charge in [0, 0.05) is 38.2 Å². The number of imidazole rings is 1. The molecule has 3 heterocycles. The lowest BCUT2D eigenvalue weighted by molar-refractivity contribution is -0.130. The maximum absolute atomic E-state index is 12.8. The number of aromatic nitrogens is 3. The van der Waals surface area contributed by atoms with Crippen molar-refractivity contribution in [1.82, 2.24) is 19.4 Å². The van der Waals surface area contributed by atoms with E-state index in [9.17, 15) is 4.79 Å². The second-order valence-electron chi connectivity index (χ2n) is 8.35. The SMILES string of the molecule is COc1ccccc1CCC(=O)N1CC[C@@H](Cc2nc3cccnc3n2C(C)C)C1. The third-order valence-corrected chi connectivity index (χ3v) is 5.95. The molecule has 6 nitrogen and oxygen atoms in total. The molecule has 0 saturated carbocycles. The first-order chi connectivity index (χ1) is 14.6. The number of aryl methyl sites for hydroxylation is 1. The van der Waals surface area contributed by atoms with E-state index in [1.807, 2.05) is 47.5 Å². The molecule has 0 aliphatic carbocycles. The fraction of sp³-hybridized carbons (Fsp3) is 0.458. The van der Waals surface area contributed by atoms with E-state index in [4.69, 9.17) is 9.72 Å². The predicted octanol–water partition coefficient (Wildman–Crippen LogP) is 4.04. The van der Waals surface area contributed by atoms with Crippen molar-refractivity contribution in [1.29, 1.82) is 0 Å². The number of fused-ring (bicyclic) bond motifs is 1. The molecule has 3 aromatic rings.